The molecule has 0 N–H and O–H groups in total. The normalized spacial score (nSPS) is 10.0. The predicted octanol–water partition coefficient (Wildman–Crippen LogP) is 1.86. The molecule has 0 spiro atoms. The Morgan fingerprint density at radius 1 is 1.50 bits per heavy atom. The average molecular weight is 225 g/mol. The molecule has 0 aliphatic rings. The summed E-state index contributed by atoms with van der Waals surface area (Å²) in [6.45, 7) is 2.09. The highest BCUT2D eigenvalue weighted by Crippen LogP contribution is 2.17. The fraction of sp³-hybridized carbons (Fsp3) is 0.417. The lowest BCUT2D eigenvalue weighted by Crippen LogP contribution is -2.26. The molecule has 0 saturated carbocycles. The Morgan fingerprint density at radius 2 is 2.19 bits per heavy atom. The molecule has 0 fully saturated rings. The largest absolute Gasteiger partial charge is 0.494 e. The van der Waals surface area contributed by atoms with Crippen molar-refractivity contribution in [3.63, 3.8) is 0 Å². The molecular formula is C12H16FNO2. The summed E-state index contributed by atoms with van der Waals surface area (Å²) in [5, 5.41) is 0. The molecule has 0 aromatic heterocycles. The minimum Gasteiger partial charge on any atom is -0.494 e. The molecule has 16 heavy (non-hydrogen) atoms. The molecule has 0 saturated heterocycles. The molecule has 1 aromatic rings. The molecule has 3 nitrogen and oxygen atoms in total. The minimum absolute atomic E-state index is 0.00832. The van der Waals surface area contributed by atoms with Crippen LogP contribution in [0.3, 0.4) is 0 Å². The molecule has 0 bridgehead atoms. The lowest BCUT2D eigenvalue weighted by atomic mass is 10.1. The molecule has 0 aliphatic heterocycles. The second-order valence-corrected chi connectivity index (χ2v) is 3.66. The van der Waals surface area contributed by atoms with E-state index >= 15 is 0 Å². The first-order valence-corrected chi connectivity index (χ1v) is 5.08. The van der Waals surface area contributed by atoms with Crippen molar-refractivity contribution in [1.82, 2.24) is 4.90 Å². The Morgan fingerprint density at radius 3 is 2.69 bits per heavy atom. The third-order valence-corrected chi connectivity index (χ3v) is 2.49. The van der Waals surface area contributed by atoms with Gasteiger partial charge < -0.3 is 9.64 Å². The number of hydrogen-bond donors (Lipinski definition) is 0. The van der Waals surface area contributed by atoms with Gasteiger partial charge in [-0.05, 0) is 24.1 Å². The molecule has 0 unspecified atom stereocenters. The number of carbonyl (C=O) groups is 1. The zero-order valence-corrected chi connectivity index (χ0v) is 9.79. The van der Waals surface area contributed by atoms with E-state index in [9.17, 15) is 9.18 Å². The van der Waals surface area contributed by atoms with E-state index in [0.717, 1.165) is 5.56 Å². The van der Waals surface area contributed by atoms with Crippen LogP contribution in [0, 0.1) is 5.82 Å². The smallest absolute Gasteiger partial charge is 0.219 e. The fourth-order valence-corrected chi connectivity index (χ4v) is 1.32. The van der Waals surface area contributed by atoms with E-state index in [4.69, 9.17) is 4.74 Å². The second-order valence-electron chi connectivity index (χ2n) is 3.66. The van der Waals surface area contributed by atoms with E-state index in [2.05, 4.69) is 0 Å². The van der Waals surface area contributed by atoms with Crippen LogP contribution in [0.25, 0.3) is 0 Å². The molecule has 4 heteroatoms. The first-order chi connectivity index (χ1) is 7.54. The summed E-state index contributed by atoms with van der Waals surface area (Å²) in [4.78, 5) is 12.6. The quantitative estimate of drug-likeness (QED) is 0.782. The molecule has 1 rings (SSSR count). The lowest BCUT2D eigenvalue weighted by Gasteiger charge is -2.14. The highest BCUT2D eigenvalue weighted by Gasteiger charge is 2.05. The predicted molar refractivity (Wildman–Crippen MR) is 60.0 cm³/mol. The van der Waals surface area contributed by atoms with E-state index in [-0.39, 0.29) is 17.5 Å². The average Bonchev–Trinajstić information content (AvgIpc) is 2.25. The van der Waals surface area contributed by atoms with Gasteiger partial charge in [-0.1, -0.05) is 6.07 Å². The van der Waals surface area contributed by atoms with E-state index < -0.39 is 0 Å². The van der Waals surface area contributed by atoms with Crippen LogP contribution in [0.1, 0.15) is 12.5 Å². The number of ether oxygens (including phenoxy) is 1. The van der Waals surface area contributed by atoms with Crippen LogP contribution in [0.5, 0.6) is 5.75 Å². The Kier molecular flexibility index (Phi) is 4.28. The molecule has 0 atom stereocenters. The number of hydrogen-bond acceptors (Lipinski definition) is 2. The van der Waals surface area contributed by atoms with Gasteiger partial charge in [-0.15, -0.1) is 0 Å². The Bertz CT molecular complexity index is 379. The number of carbonyl (C=O) groups excluding carboxylic acids is 1. The lowest BCUT2D eigenvalue weighted by molar-refractivity contribution is -0.127. The van der Waals surface area contributed by atoms with Gasteiger partial charge in [-0.2, -0.15) is 0 Å². The summed E-state index contributed by atoms with van der Waals surface area (Å²) in [5.41, 5.74) is 0.853. The van der Waals surface area contributed by atoms with Crippen LogP contribution in [-0.4, -0.2) is 31.5 Å². The molecule has 0 radical (unpaired) electrons. The number of benzene rings is 1. The summed E-state index contributed by atoms with van der Waals surface area (Å²) >= 11 is 0. The van der Waals surface area contributed by atoms with Gasteiger partial charge in [0.15, 0.2) is 11.6 Å². The maximum Gasteiger partial charge on any atom is 0.219 e. The van der Waals surface area contributed by atoms with Crippen molar-refractivity contribution in [2.75, 3.05) is 20.7 Å². The summed E-state index contributed by atoms with van der Waals surface area (Å²) in [6.07, 6.45) is 0.636. The Hall–Kier alpha value is -1.58. The topological polar surface area (TPSA) is 29.5 Å². The third-order valence-electron chi connectivity index (χ3n) is 2.49. The maximum absolute atomic E-state index is 13.3. The molecule has 1 amide bonds. The highest BCUT2D eigenvalue weighted by molar-refractivity contribution is 5.72. The van der Waals surface area contributed by atoms with Gasteiger partial charge >= 0.3 is 0 Å². The number of halogens is 1. The van der Waals surface area contributed by atoms with Crippen molar-refractivity contribution in [2.45, 2.75) is 13.3 Å². The van der Waals surface area contributed by atoms with Crippen molar-refractivity contribution < 1.29 is 13.9 Å². The molecule has 0 aliphatic carbocycles. The van der Waals surface area contributed by atoms with Gasteiger partial charge in [-0.3, -0.25) is 4.79 Å². The summed E-state index contributed by atoms with van der Waals surface area (Å²) < 4.78 is 18.2. The number of amides is 1. The van der Waals surface area contributed by atoms with Crippen LogP contribution < -0.4 is 4.74 Å². The van der Waals surface area contributed by atoms with Crippen LogP contribution in [-0.2, 0) is 11.2 Å². The molecule has 1 aromatic carbocycles. The SMILES string of the molecule is COc1ccc(CCN(C)C(C)=O)cc1F. The Labute approximate surface area is 94.8 Å². The van der Waals surface area contributed by atoms with Gasteiger partial charge in [0.25, 0.3) is 0 Å². The van der Waals surface area contributed by atoms with Crippen molar-refractivity contribution in [3.05, 3.63) is 29.6 Å². The highest BCUT2D eigenvalue weighted by atomic mass is 19.1. The molecular weight excluding hydrogens is 209 g/mol. The number of methoxy groups -OCH3 is 1. The van der Waals surface area contributed by atoms with Gasteiger partial charge in [0.05, 0.1) is 7.11 Å². The first-order valence-electron chi connectivity index (χ1n) is 5.08. The summed E-state index contributed by atoms with van der Waals surface area (Å²) in [5.74, 6) is -0.122. The van der Waals surface area contributed by atoms with Gasteiger partial charge in [0.2, 0.25) is 5.91 Å². The van der Waals surface area contributed by atoms with Crippen molar-refractivity contribution >= 4 is 5.91 Å². The van der Waals surface area contributed by atoms with E-state index in [1.807, 2.05) is 0 Å². The minimum atomic E-state index is -0.370. The number of nitrogens with zero attached hydrogens (tertiary/aromatic N) is 1. The third kappa shape index (κ3) is 3.22. The van der Waals surface area contributed by atoms with Crippen LogP contribution in [0.15, 0.2) is 18.2 Å². The zero-order chi connectivity index (χ0) is 12.1. The van der Waals surface area contributed by atoms with E-state index in [1.165, 1.54) is 20.1 Å². The second kappa shape index (κ2) is 5.49. The van der Waals surface area contributed by atoms with Crippen LogP contribution in [0.2, 0.25) is 0 Å². The van der Waals surface area contributed by atoms with Gasteiger partial charge in [-0.25, -0.2) is 4.39 Å². The first kappa shape index (κ1) is 12.5. The van der Waals surface area contributed by atoms with Crippen LogP contribution >= 0.6 is 0 Å². The maximum atomic E-state index is 13.3. The molecule has 88 valence electrons. The summed E-state index contributed by atoms with van der Waals surface area (Å²) in [7, 11) is 3.16. The molecule has 0 heterocycles. The monoisotopic (exact) mass is 225 g/mol. The van der Waals surface area contributed by atoms with Gasteiger partial charge in [0, 0.05) is 20.5 Å². The van der Waals surface area contributed by atoms with Crippen molar-refractivity contribution in [3.8, 4) is 5.75 Å². The van der Waals surface area contributed by atoms with Crippen molar-refractivity contribution in [2.24, 2.45) is 0 Å². The number of rotatable bonds is 4. The van der Waals surface area contributed by atoms with Crippen LogP contribution in [0.4, 0.5) is 4.39 Å². The summed E-state index contributed by atoms with van der Waals surface area (Å²) in [6, 6.07) is 4.83. The van der Waals surface area contributed by atoms with E-state index in [0.29, 0.717) is 13.0 Å². The fourth-order valence-electron chi connectivity index (χ4n) is 1.32. The van der Waals surface area contributed by atoms with Crippen molar-refractivity contribution in [1.29, 1.82) is 0 Å². The standard InChI is InChI=1S/C12H16FNO2/c1-9(15)14(2)7-6-10-4-5-12(16-3)11(13)8-10/h4-5,8H,6-7H2,1-3H3. The number of likely N-dealkylation sites (N-methyl/N-ethyl adjacent to an activating group) is 1. The van der Waals surface area contributed by atoms with E-state index in [1.54, 1.807) is 24.1 Å². The van der Waals surface area contributed by atoms with Gasteiger partial charge in [0.1, 0.15) is 0 Å². The zero-order valence-electron chi connectivity index (χ0n) is 9.79. The Balaban J connectivity index is 2.62.